The van der Waals surface area contributed by atoms with E-state index in [-0.39, 0.29) is 5.91 Å². The van der Waals surface area contributed by atoms with Crippen LogP contribution < -0.4 is 5.32 Å². The minimum atomic E-state index is 0.279. The molecule has 0 radical (unpaired) electrons. The minimum absolute atomic E-state index is 0.279. The van der Waals surface area contributed by atoms with Crippen molar-refractivity contribution in [3.05, 3.63) is 35.9 Å². The van der Waals surface area contributed by atoms with Gasteiger partial charge in [-0.15, -0.1) is 0 Å². The third-order valence-corrected chi connectivity index (χ3v) is 4.36. The topological polar surface area (TPSA) is 32.3 Å². The second-order valence-corrected chi connectivity index (χ2v) is 5.91. The van der Waals surface area contributed by atoms with Gasteiger partial charge in [-0.2, -0.15) is 0 Å². The Balaban J connectivity index is 1.62. The van der Waals surface area contributed by atoms with E-state index in [1.807, 2.05) is 6.07 Å². The quantitative estimate of drug-likeness (QED) is 0.782. The van der Waals surface area contributed by atoms with Gasteiger partial charge in [-0.1, -0.05) is 37.3 Å². The first-order chi connectivity index (χ1) is 10.3. The number of amides is 1. The van der Waals surface area contributed by atoms with Crippen molar-refractivity contribution in [2.45, 2.75) is 51.5 Å². The summed E-state index contributed by atoms with van der Waals surface area (Å²) < 4.78 is 0. The number of likely N-dealkylation sites (tertiary alicyclic amines) is 1. The summed E-state index contributed by atoms with van der Waals surface area (Å²) in [6.45, 7) is 4.53. The number of carbonyl (C=O) groups is 1. The molecule has 1 fully saturated rings. The van der Waals surface area contributed by atoms with Crippen LogP contribution in [-0.4, -0.2) is 36.5 Å². The fraction of sp³-hybridized carbons (Fsp3) is 0.611. The molecule has 1 N–H and O–H groups in total. The zero-order valence-electron chi connectivity index (χ0n) is 13.2. The highest BCUT2D eigenvalue weighted by molar-refractivity contribution is 5.78. The van der Waals surface area contributed by atoms with Gasteiger partial charge in [-0.25, -0.2) is 0 Å². The Morgan fingerprint density at radius 2 is 2.10 bits per heavy atom. The van der Waals surface area contributed by atoms with Crippen molar-refractivity contribution < 1.29 is 4.79 Å². The Labute approximate surface area is 128 Å². The molecule has 1 unspecified atom stereocenters. The Morgan fingerprint density at radius 3 is 2.86 bits per heavy atom. The largest absolute Gasteiger partial charge is 0.339 e. The third-order valence-electron chi connectivity index (χ3n) is 4.36. The molecule has 1 saturated heterocycles. The molecule has 3 nitrogen and oxygen atoms in total. The van der Waals surface area contributed by atoms with Crippen molar-refractivity contribution in [3.63, 3.8) is 0 Å². The van der Waals surface area contributed by atoms with Crippen LogP contribution in [0, 0.1) is 0 Å². The summed E-state index contributed by atoms with van der Waals surface area (Å²) in [5.74, 6) is 0.279. The van der Waals surface area contributed by atoms with Crippen molar-refractivity contribution in [3.8, 4) is 0 Å². The van der Waals surface area contributed by atoms with E-state index in [0.29, 0.717) is 12.6 Å². The van der Waals surface area contributed by atoms with E-state index in [1.54, 1.807) is 0 Å². The monoisotopic (exact) mass is 288 g/mol. The molecule has 1 aliphatic heterocycles. The number of benzene rings is 1. The molecule has 21 heavy (non-hydrogen) atoms. The molecule has 2 rings (SSSR count). The number of rotatable bonds is 7. The van der Waals surface area contributed by atoms with E-state index in [9.17, 15) is 4.79 Å². The maximum Gasteiger partial charge on any atom is 0.236 e. The summed E-state index contributed by atoms with van der Waals surface area (Å²) in [6, 6.07) is 11.0. The molecule has 1 aromatic carbocycles. The predicted molar refractivity (Wildman–Crippen MR) is 87.3 cm³/mol. The van der Waals surface area contributed by atoms with Crippen LogP contribution in [0.25, 0.3) is 0 Å². The molecule has 0 aromatic heterocycles. The molecule has 0 spiro atoms. The third kappa shape index (κ3) is 5.16. The van der Waals surface area contributed by atoms with E-state index in [4.69, 9.17) is 0 Å². The Kier molecular flexibility index (Phi) is 6.74. The van der Waals surface area contributed by atoms with Gasteiger partial charge in [0.25, 0.3) is 0 Å². The van der Waals surface area contributed by atoms with Crippen LogP contribution >= 0.6 is 0 Å². The Bertz CT molecular complexity index is 418. The molecule has 0 aliphatic carbocycles. The zero-order valence-corrected chi connectivity index (χ0v) is 13.2. The Morgan fingerprint density at radius 1 is 1.29 bits per heavy atom. The fourth-order valence-corrected chi connectivity index (χ4v) is 3.11. The molecule has 1 aromatic rings. The average molecular weight is 288 g/mol. The van der Waals surface area contributed by atoms with Crippen LogP contribution in [-0.2, 0) is 11.2 Å². The highest BCUT2D eigenvalue weighted by Gasteiger charge is 2.24. The second-order valence-electron chi connectivity index (χ2n) is 5.91. The van der Waals surface area contributed by atoms with E-state index in [2.05, 4.69) is 41.4 Å². The summed E-state index contributed by atoms with van der Waals surface area (Å²) in [6.07, 6.45) is 6.84. The predicted octanol–water partition coefficient (Wildman–Crippen LogP) is 3.00. The number of hydrogen-bond acceptors (Lipinski definition) is 2. The van der Waals surface area contributed by atoms with E-state index < -0.39 is 0 Å². The summed E-state index contributed by atoms with van der Waals surface area (Å²) in [5, 5.41) is 3.31. The lowest BCUT2D eigenvalue weighted by molar-refractivity contribution is -0.133. The summed E-state index contributed by atoms with van der Waals surface area (Å²) in [4.78, 5) is 14.4. The maximum atomic E-state index is 12.3. The van der Waals surface area contributed by atoms with Crippen LogP contribution in [0.1, 0.15) is 44.6 Å². The van der Waals surface area contributed by atoms with Gasteiger partial charge >= 0.3 is 0 Å². The standard InChI is InChI=1S/C18H28N2O/c1-2-17-12-6-7-14-20(17)18(21)15-19-13-8-11-16-9-4-3-5-10-16/h3-5,9-10,17,19H,2,6-8,11-15H2,1H3. The SMILES string of the molecule is CCC1CCCCN1C(=O)CNCCCc1ccccc1. The van der Waals surface area contributed by atoms with Crippen molar-refractivity contribution >= 4 is 5.91 Å². The van der Waals surface area contributed by atoms with Crippen molar-refractivity contribution in [2.75, 3.05) is 19.6 Å². The normalized spacial score (nSPS) is 18.7. The molecule has 1 atom stereocenters. The van der Waals surface area contributed by atoms with Gasteiger partial charge in [0.1, 0.15) is 0 Å². The van der Waals surface area contributed by atoms with Gasteiger partial charge in [-0.05, 0) is 50.6 Å². The first-order valence-corrected chi connectivity index (χ1v) is 8.35. The number of aryl methyl sites for hydroxylation is 1. The first kappa shape index (κ1) is 16.0. The number of hydrogen-bond donors (Lipinski definition) is 1. The molecule has 1 amide bonds. The molecular formula is C18H28N2O. The van der Waals surface area contributed by atoms with Crippen molar-refractivity contribution in [2.24, 2.45) is 0 Å². The summed E-state index contributed by atoms with van der Waals surface area (Å²) >= 11 is 0. The fourth-order valence-electron chi connectivity index (χ4n) is 3.11. The smallest absolute Gasteiger partial charge is 0.236 e. The van der Waals surface area contributed by atoms with Crippen LogP contribution in [0.2, 0.25) is 0 Å². The van der Waals surface area contributed by atoms with Crippen LogP contribution in [0.15, 0.2) is 30.3 Å². The molecule has 116 valence electrons. The lowest BCUT2D eigenvalue weighted by Gasteiger charge is -2.35. The number of piperidine rings is 1. The van der Waals surface area contributed by atoms with Gasteiger partial charge in [-0.3, -0.25) is 4.79 Å². The van der Waals surface area contributed by atoms with Gasteiger partial charge in [0.15, 0.2) is 0 Å². The van der Waals surface area contributed by atoms with Crippen LogP contribution in [0.5, 0.6) is 0 Å². The summed E-state index contributed by atoms with van der Waals surface area (Å²) in [5.41, 5.74) is 1.37. The lowest BCUT2D eigenvalue weighted by atomic mass is 10.00. The van der Waals surface area contributed by atoms with E-state index in [0.717, 1.165) is 38.8 Å². The minimum Gasteiger partial charge on any atom is -0.339 e. The highest BCUT2D eigenvalue weighted by atomic mass is 16.2. The van der Waals surface area contributed by atoms with Gasteiger partial charge in [0, 0.05) is 12.6 Å². The molecule has 1 aliphatic rings. The Hall–Kier alpha value is -1.35. The molecule has 0 saturated carbocycles. The van der Waals surface area contributed by atoms with Crippen molar-refractivity contribution in [1.82, 2.24) is 10.2 Å². The highest BCUT2D eigenvalue weighted by Crippen LogP contribution is 2.19. The van der Waals surface area contributed by atoms with Gasteiger partial charge < -0.3 is 10.2 Å². The number of carbonyl (C=O) groups excluding carboxylic acids is 1. The van der Waals surface area contributed by atoms with E-state index >= 15 is 0 Å². The first-order valence-electron chi connectivity index (χ1n) is 8.35. The van der Waals surface area contributed by atoms with Crippen LogP contribution in [0.3, 0.4) is 0 Å². The van der Waals surface area contributed by atoms with E-state index in [1.165, 1.54) is 18.4 Å². The van der Waals surface area contributed by atoms with Gasteiger partial charge in [0.2, 0.25) is 5.91 Å². The average Bonchev–Trinajstić information content (AvgIpc) is 2.55. The van der Waals surface area contributed by atoms with Crippen molar-refractivity contribution in [1.29, 1.82) is 0 Å². The maximum absolute atomic E-state index is 12.3. The molecular weight excluding hydrogens is 260 g/mol. The lowest BCUT2D eigenvalue weighted by Crippen LogP contribution is -2.47. The molecule has 3 heteroatoms. The number of nitrogens with zero attached hydrogens (tertiary/aromatic N) is 1. The summed E-state index contributed by atoms with van der Waals surface area (Å²) in [7, 11) is 0. The van der Waals surface area contributed by atoms with Gasteiger partial charge in [0.05, 0.1) is 6.54 Å². The molecule has 1 heterocycles. The molecule has 0 bridgehead atoms. The zero-order chi connectivity index (χ0) is 14.9. The van der Waals surface area contributed by atoms with Crippen LogP contribution in [0.4, 0.5) is 0 Å². The second kappa shape index (κ2) is 8.83. The number of nitrogens with one attached hydrogen (secondary N) is 1.